The van der Waals surface area contributed by atoms with Crippen LogP contribution in [0.2, 0.25) is 0 Å². The first-order valence-electron chi connectivity index (χ1n) is 5.95. The predicted molar refractivity (Wildman–Crippen MR) is 70.6 cm³/mol. The number of nitrogens with zero attached hydrogens (tertiary/aromatic N) is 6. The van der Waals surface area contributed by atoms with Crippen molar-refractivity contribution in [2.75, 3.05) is 0 Å². The third kappa shape index (κ3) is 1.90. The van der Waals surface area contributed by atoms with Crippen LogP contribution in [-0.4, -0.2) is 20.8 Å². The summed E-state index contributed by atoms with van der Waals surface area (Å²) in [7, 11) is 0. The molecule has 3 rings (SSSR count). The molecule has 0 N–H and O–H groups in total. The normalized spacial score (nSPS) is 12.7. The Hall–Kier alpha value is -2.53. The van der Waals surface area contributed by atoms with E-state index in [1.165, 1.54) is 0 Å². The van der Waals surface area contributed by atoms with E-state index in [0.717, 1.165) is 22.0 Å². The van der Waals surface area contributed by atoms with Crippen molar-refractivity contribution < 1.29 is 4.42 Å². The fraction of sp³-hybridized carbons (Fsp3) is 0.333. The summed E-state index contributed by atoms with van der Waals surface area (Å²) < 4.78 is 7.32. The van der Waals surface area contributed by atoms with Crippen LogP contribution in [-0.2, 0) is 6.54 Å². The van der Waals surface area contributed by atoms with Gasteiger partial charge in [0.1, 0.15) is 5.52 Å². The van der Waals surface area contributed by atoms with Gasteiger partial charge in [0.15, 0.2) is 11.5 Å². The molecule has 19 heavy (non-hydrogen) atoms. The Morgan fingerprint density at radius 3 is 3.16 bits per heavy atom. The number of oxazole rings is 1. The van der Waals surface area contributed by atoms with Gasteiger partial charge in [0.25, 0.3) is 0 Å². The number of azide groups is 1. The van der Waals surface area contributed by atoms with E-state index in [2.05, 4.69) is 20.1 Å². The molecule has 0 aliphatic carbocycles. The molecule has 3 aromatic rings. The van der Waals surface area contributed by atoms with Crippen LogP contribution in [0.4, 0.5) is 0 Å². The maximum atomic E-state index is 8.45. The number of hydrogen-bond acceptors (Lipinski definition) is 4. The second-order valence-corrected chi connectivity index (χ2v) is 4.46. The number of benzene rings is 1. The number of fused-ring (bicyclic) bond motifs is 3. The Bertz CT molecular complexity index is 795. The zero-order chi connectivity index (χ0) is 13.4. The SMILES string of the molecule is Cc1nc2c(ccc3cnn(C[C@H](C)N=[N+]=[N-])c32)o1. The first kappa shape index (κ1) is 11.6. The van der Waals surface area contributed by atoms with Crippen molar-refractivity contribution in [3.63, 3.8) is 0 Å². The van der Waals surface area contributed by atoms with E-state index in [0.29, 0.717) is 12.4 Å². The molecule has 0 spiro atoms. The van der Waals surface area contributed by atoms with Gasteiger partial charge in [-0.1, -0.05) is 12.0 Å². The zero-order valence-corrected chi connectivity index (χ0v) is 10.6. The van der Waals surface area contributed by atoms with Crippen LogP contribution in [0.1, 0.15) is 12.8 Å². The van der Waals surface area contributed by atoms with Crippen LogP contribution < -0.4 is 0 Å². The zero-order valence-electron chi connectivity index (χ0n) is 10.6. The van der Waals surface area contributed by atoms with Gasteiger partial charge < -0.3 is 4.42 Å². The van der Waals surface area contributed by atoms with Crippen molar-refractivity contribution in [1.29, 1.82) is 0 Å². The van der Waals surface area contributed by atoms with Gasteiger partial charge in [-0.3, -0.25) is 4.68 Å². The van der Waals surface area contributed by atoms with Crippen molar-refractivity contribution in [2.45, 2.75) is 26.4 Å². The summed E-state index contributed by atoms with van der Waals surface area (Å²) >= 11 is 0. The van der Waals surface area contributed by atoms with Gasteiger partial charge in [-0.25, -0.2) is 4.98 Å². The highest BCUT2D eigenvalue weighted by Gasteiger charge is 2.13. The molecule has 2 aromatic heterocycles. The second-order valence-electron chi connectivity index (χ2n) is 4.46. The Morgan fingerprint density at radius 1 is 1.53 bits per heavy atom. The molecule has 1 aromatic carbocycles. The molecule has 0 saturated heterocycles. The van der Waals surface area contributed by atoms with E-state index in [9.17, 15) is 0 Å². The molecule has 0 radical (unpaired) electrons. The minimum absolute atomic E-state index is 0.170. The average Bonchev–Trinajstić information content (AvgIpc) is 2.92. The molecule has 7 nitrogen and oxygen atoms in total. The van der Waals surface area contributed by atoms with E-state index < -0.39 is 0 Å². The monoisotopic (exact) mass is 256 g/mol. The minimum atomic E-state index is -0.170. The average molecular weight is 256 g/mol. The van der Waals surface area contributed by atoms with Crippen molar-refractivity contribution in [3.05, 3.63) is 34.7 Å². The third-order valence-corrected chi connectivity index (χ3v) is 2.95. The van der Waals surface area contributed by atoms with E-state index in [1.54, 1.807) is 10.9 Å². The number of aromatic nitrogens is 3. The molecule has 0 amide bonds. The van der Waals surface area contributed by atoms with Crippen LogP contribution in [0.5, 0.6) is 0 Å². The summed E-state index contributed by atoms with van der Waals surface area (Å²) in [6.45, 7) is 4.18. The summed E-state index contributed by atoms with van der Waals surface area (Å²) in [5.74, 6) is 0.623. The largest absolute Gasteiger partial charge is 0.441 e. The molecule has 0 aliphatic rings. The maximum Gasteiger partial charge on any atom is 0.192 e. The third-order valence-electron chi connectivity index (χ3n) is 2.95. The van der Waals surface area contributed by atoms with Gasteiger partial charge in [0.2, 0.25) is 0 Å². The molecular weight excluding hydrogens is 244 g/mol. The minimum Gasteiger partial charge on any atom is -0.441 e. The Balaban J connectivity index is 2.19. The summed E-state index contributed by atoms with van der Waals surface area (Å²) in [4.78, 5) is 7.21. The smallest absolute Gasteiger partial charge is 0.192 e. The predicted octanol–water partition coefficient (Wildman–Crippen LogP) is 3.18. The van der Waals surface area contributed by atoms with E-state index in [4.69, 9.17) is 9.95 Å². The second kappa shape index (κ2) is 4.29. The molecule has 0 bridgehead atoms. The molecule has 7 heteroatoms. The van der Waals surface area contributed by atoms with Gasteiger partial charge in [-0.15, -0.1) is 0 Å². The number of aryl methyl sites for hydroxylation is 1. The molecule has 0 fully saturated rings. The van der Waals surface area contributed by atoms with Gasteiger partial charge in [-0.2, -0.15) is 5.10 Å². The maximum absolute atomic E-state index is 8.45. The van der Waals surface area contributed by atoms with Gasteiger partial charge >= 0.3 is 0 Å². The lowest BCUT2D eigenvalue weighted by Crippen LogP contribution is -2.11. The van der Waals surface area contributed by atoms with Crippen molar-refractivity contribution in [3.8, 4) is 0 Å². The van der Waals surface area contributed by atoms with Crippen molar-refractivity contribution in [2.24, 2.45) is 5.11 Å². The topological polar surface area (TPSA) is 92.6 Å². The number of hydrogen-bond donors (Lipinski definition) is 0. The summed E-state index contributed by atoms with van der Waals surface area (Å²) in [5, 5.41) is 8.99. The van der Waals surface area contributed by atoms with Gasteiger partial charge in [0.05, 0.1) is 17.8 Å². The highest BCUT2D eigenvalue weighted by atomic mass is 16.3. The lowest BCUT2D eigenvalue weighted by Gasteiger charge is -2.06. The molecule has 0 unspecified atom stereocenters. The van der Waals surface area contributed by atoms with Crippen molar-refractivity contribution >= 4 is 22.0 Å². The Kier molecular flexibility index (Phi) is 2.61. The standard InChI is InChI=1S/C12H12N6O/c1-7(16-17-13)6-18-12-9(5-14-18)3-4-10-11(12)15-8(2)19-10/h3-5,7H,6H2,1-2H3/t7-/m0/s1. The van der Waals surface area contributed by atoms with E-state index >= 15 is 0 Å². The summed E-state index contributed by atoms with van der Waals surface area (Å²) in [5.41, 5.74) is 10.9. The fourth-order valence-electron chi connectivity index (χ4n) is 2.18. The summed E-state index contributed by atoms with van der Waals surface area (Å²) in [6, 6.07) is 3.67. The van der Waals surface area contributed by atoms with Gasteiger partial charge in [0, 0.05) is 23.8 Å². The lowest BCUT2D eigenvalue weighted by molar-refractivity contribution is 0.552. The molecule has 1 atom stereocenters. The molecule has 0 saturated carbocycles. The highest BCUT2D eigenvalue weighted by molar-refractivity contribution is 6.00. The van der Waals surface area contributed by atoms with Crippen LogP contribution in [0.25, 0.3) is 32.4 Å². The number of rotatable bonds is 3. The first-order valence-corrected chi connectivity index (χ1v) is 5.95. The highest BCUT2D eigenvalue weighted by Crippen LogP contribution is 2.25. The Morgan fingerprint density at radius 2 is 2.37 bits per heavy atom. The van der Waals surface area contributed by atoms with Gasteiger partial charge in [-0.05, 0) is 17.7 Å². The molecule has 0 aliphatic heterocycles. The first-order chi connectivity index (χ1) is 9.19. The molecule has 96 valence electrons. The van der Waals surface area contributed by atoms with Crippen LogP contribution in [0, 0.1) is 6.92 Å². The van der Waals surface area contributed by atoms with E-state index in [-0.39, 0.29) is 6.04 Å². The fourth-order valence-corrected chi connectivity index (χ4v) is 2.18. The van der Waals surface area contributed by atoms with Crippen LogP contribution >= 0.6 is 0 Å². The Labute approximate surface area is 108 Å². The molecular formula is C12H12N6O. The van der Waals surface area contributed by atoms with Crippen LogP contribution in [0.3, 0.4) is 0 Å². The molecule has 2 heterocycles. The van der Waals surface area contributed by atoms with Crippen molar-refractivity contribution in [1.82, 2.24) is 14.8 Å². The van der Waals surface area contributed by atoms with Crippen LogP contribution in [0.15, 0.2) is 27.9 Å². The van der Waals surface area contributed by atoms with E-state index in [1.807, 2.05) is 26.0 Å². The summed E-state index contributed by atoms with van der Waals surface area (Å²) in [6.07, 6.45) is 1.78. The lowest BCUT2D eigenvalue weighted by atomic mass is 10.2. The quantitative estimate of drug-likeness (QED) is 0.409.